The van der Waals surface area contributed by atoms with Gasteiger partial charge >= 0.3 is 6.18 Å². The molecule has 2 aromatic heterocycles. The van der Waals surface area contributed by atoms with Crippen LogP contribution < -0.4 is 5.32 Å². The number of thiophene rings is 1. The van der Waals surface area contributed by atoms with Crippen molar-refractivity contribution in [3.63, 3.8) is 0 Å². The molecule has 256 valence electrons. The first-order valence-corrected chi connectivity index (χ1v) is 17.4. The maximum atomic E-state index is 13.8. The van der Waals surface area contributed by atoms with Crippen LogP contribution in [-0.4, -0.2) is 27.0 Å². The molecule has 50 heavy (non-hydrogen) atoms. The summed E-state index contributed by atoms with van der Waals surface area (Å²) in [5.74, 6) is 0.163. The van der Waals surface area contributed by atoms with Gasteiger partial charge in [-0.05, 0) is 77.7 Å². The molecule has 2 heterocycles. The maximum absolute atomic E-state index is 13.8. The lowest BCUT2D eigenvalue weighted by Crippen LogP contribution is -2.27. The lowest BCUT2D eigenvalue weighted by molar-refractivity contribution is -0.387. The molecule has 1 atom stereocenters. The van der Waals surface area contributed by atoms with E-state index in [1.54, 1.807) is 48.5 Å². The van der Waals surface area contributed by atoms with Crippen molar-refractivity contribution in [2.45, 2.75) is 56.3 Å². The smallest absolute Gasteiger partial charge is 0.322 e. The summed E-state index contributed by atoms with van der Waals surface area (Å²) in [5.41, 5.74) is 1.59. The van der Waals surface area contributed by atoms with Gasteiger partial charge in [-0.3, -0.25) is 14.9 Å². The number of alkyl halides is 3. The lowest BCUT2D eigenvalue weighted by atomic mass is 9.72. The summed E-state index contributed by atoms with van der Waals surface area (Å²) in [7, 11) is 0. The molecule has 13 heteroatoms. The van der Waals surface area contributed by atoms with Gasteiger partial charge in [0.2, 0.25) is 0 Å². The first-order valence-electron chi connectivity index (χ1n) is 15.8. The van der Waals surface area contributed by atoms with E-state index in [0.717, 1.165) is 35.8 Å². The molecule has 1 N–H and O–H groups in total. The highest BCUT2D eigenvalue weighted by molar-refractivity contribution is 7.99. The Labute approximate surface area is 295 Å². The van der Waals surface area contributed by atoms with Gasteiger partial charge in [-0.25, -0.2) is 15.0 Å². The Kier molecular flexibility index (Phi) is 9.90. The Bertz CT molecular complexity index is 2080. The van der Waals surface area contributed by atoms with Gasteiger partial charge < -0.3 is 5.32 Å². The number of aromatic nitrogens is 2. The Balaban J connectivity index is 1.33. The van der Waals surface area contributed by atoms with Gasteiger partial charge in [-0.15, -0.1) is 11.3 Å². The average Bonchev–Trinajstić information content (AvgIpc) is 3.45. The van der Waals surface area contributed by atoms with Crippen molar-refractivity contribution in [3.05, 3.63) is 122 Å². The van der Waals surface area contributed by atoms with Crippen molar-refractivity contribution in [1.82, 2.24) is 9.97 Å². The van der Waals surface area contributed by atoms with E-state index in [4.69, 9.17) is 0 Å². The highest BCUT2D eigenvalue weighted by atomic mass is 32.2. The van der Waals surface area contributed by atoms with Gasteiger partial charge in [-0.2, -0.15) is 13.2 Å². The van der Waals surface area contributed by atoms with Crippen LogP contribution >= 0.6 is 23.1 Å². The Hall–Kier alpha value is -4.88. The maximum Gasteiger partial charge on any atom is 0.433 e. The van der Waals surface area contributed by atoms with Gasteiger partial charge in [0.1, 0.15) is 10.7 Å². The van der Waals surface area contributed by atoms with Crippen molar-refractivity contribution in [1.29, 1.82) is 0 Å². The molecule has 1 amide bonds. The molecule has 6 rings (SSSR count). The molecule has 8 nitrogen and oxygen atoms in total. The van der Waals surface area contributed by atoms with Crippen molar-refractivity contribution < 1.29 is 22.9 Å². The number of nitro benzene ring substituents is 1. The predicted octanol–water partition coefficient (Wildman–Crippen LogP) is 10.4. The number of hydrogen-bond donors (Lipinski definition) is 1. The molecule has 0 bridgehead atoms. The van der Waals surface area contributed by atoms with Crippen molar-refractivity contribution >= 4 is 51.6 Å². The van der Waals surface area contributed by atoms with Crippen LogP contribution in [0.1, 0.15) is 59.2 Å². The number of halogens is 3. The number of anilines is 1. The summed E-state index contributed by atoms with van der Waals surface area (Å²) in [4.78, 5) is 39.1. The third-order valence-electron chi connectivity index (χ3n) is 8.51. The number of carbonyl (C=O) groups excluding carboxylic acids is 1. The number of carbonyl (C=O) groups is 1. The number of para-hydroxylation sites is 1. The summed E-state index contributed by atoms with van der Waals surface area (Å²) < 4.78 is 41.3. The van der Waals surface area contributed by atoms with E-state index in [9.17, 15) is 28.1 Å². The molecule has 0 saturated carbocycles. The number of fused-ring (bicyclic) bond motifs is 1. The quantitative estimate of drug-likeness (QED) is 0.0741. The average molecular weight is 716 g/mol. The number of nitro groups is 1. The molecule has 0 aliphatic heterocycles. The molecule has 0 radical (unpaired) electrons. The van der Waals surface area contributed by atoms with Crippen molar-refractivity contribution in [2.75, 3.05) is 5.32 Å². The fraction of sp³-hybridized carbons (Fsp3) is 0.243. The second kappa shape index (κ2) is 14.2. The number of benzene rings is 3. The standard InChI is InChI=1S/C37H32F3N5O3S2/c1-36(2,3)24-15-16-26-30(19-24)49-34(32(26)33(46)42-25-12-8-5-9-13-25)41-21-22-14-17-29(28(18-22)45(47)48)50-35-43-27(23-10-6-4-7-11-23)20-31(44-35)37(38,39)40/h4-14,17-18,20-21,24H,15-16,19H2,1-3H3,(H,42,46)/t24-/m0/s1. The van der Waals surface area contributed by atoms with Crippen LogP contribution in [0.5, 0.6) is 0 Å². The van der Waals surface area contributed by atoms with Crippen molar-refractivity contribution in [2.24, 2.45) is 16.3 Å². The van der Waals surface area contributed by atoms with Crippen LogP contribution in [-0.2, 0) is 19.0 Å². The summed E-state index contributed by atoms with van der Waals surface area (Å²) >= 11 is 2.13. The second-order valence-corrected chi connectivity index (χ2v) is 15.0. The zero-order chi connectivity index (χ0) is 35.6. The molecule has 1 aliphatic rings. The van der Waals surface area contributed by atoms with E-state index < -0.39 is 16.8 Å². The van der Waals surface area contributed by atoms with Crippen LogP contribution in [0.15, 0.2) is 100.0 Å². The Morgan fingerprint density at radius 1 is 1.02 bits per heavy atom. The normalized spacial score (nSPS) is 14.8. The number of aliphatic imine (C=N–C) groups is 1. The summed E-state index contributed by atoms with van der Waals surface area (Å²) in [6.45, 7) is 6.65. The first-order chi connectivity index (χ1) is 23.8. The molecule has 0 fully saturated rings. The summed E-state index contributed by atoms with van der Waals surface area (Å²) in [6, 6.07) is 22.6. The molecule has 5 aromatic rings. The molecule has 0 unspecified atom stereocenters. The number of rotatable bonds is 8. The third kappa shape index (κ3) is 7.95. The van der Waals surface area contributed by atoms with E-state index in [1.807, 2.05) is 18.2 Å². The Morgan fingerprint density at radius 3 is 2.38 bits per heavy atom. The minimum Gasteiger partial charge on any atom is -0.322 e. The number of nitrogens with zero attached hydrogens (tertiary/aromatic N) is 4. The van der Waals surface area contributed by atoms with Crippen LogP contribution in [0.3, 0.4) is 0 Å². The van der Waals surface area contributed by atoms with Crippen LogP contribution in [0.4, 0.5) is 29.5 Å². The molecule has 3 aromatic carbocycles. The fourth-order valence-corrected chi connectivity index (χ4v) is 7.93. The molecular weight excluding hydrogens is 684 g/mol. The largest absolute Gasteiger partial charge is 0.433 e. The van der Waals surface area contributed by atoms with Gasteiger partial charge in [0.15, 0.2) is 5.16 Å². The first kappa shape index (κ1) is 35.0. The summed E-state index contributed by atoms with van der Waals surface area (Å²) in [6.07, 6.45) is -0.781. The summed E-state index contributed by atoms with van der Waals surface area (Å²) in [5, 5.41) is 15.4. The molecular formula is C37H32F3N5O3S2. The molecule has 1 aliphatic carbocycles. The highest BCUT2D eigenvalue weighted by Gasteiger charge is 2.35. The minimum absolute atomic E-state index is 0.0430. The lowest BCUT2D eigenvalue weighted by Gasteiger charge is -2.33. The van der Waals surface area contributed by atoms with Gasteiger partial charge in [0, 0.05) is 28.4 Å². The zero-order valence-corrected chi connectivity index (χ0v) is 29.0. The van der Waals surface area contributed by atoms with E-state index in [0.29, 0.717) is 45.1 Å². The monoisotopic (exact) mass is 715 g/mol. The highest BCUT2D eigenvalue weighted by Crippen LogP contribution is 2.46. The van der Waals surface area contributed by atoms with E-state index in [2.05, 4.69) is 41.0 Å². The molecule has 0 saturated heterocycles. The predicted molar refractivity (Wildman–Crippen MR) is 191 cm³/mol. The van der Waals surface area contributed by atoms with E-state index in [-0.39, 0.29) is 32.8 Å². The van der Waals surface area contributed by atoms with Crippen LogP contribution in [0.2, 0.25) is 0 Å². The van der Waals surface area contributed by atoms with Crippen LogP contribution in [0.25, 0.3) is 11.3 Å². The minimum atomic E-state index is -4.75. The van der Waals surface area contributed by atoms with Crippen LogP contribution in [0, 0.1) is 21.4 Å². The SMILES string of the molecule is CC(C)(C)[C@H]1CCc2c(sc(N=Cc3ccc(Sc4nc(-c5ccccc5)cc(C(F)(F)F)n4)c([N+](=O)[O-])c3)c2C(=O)Nc2ccccc2)C1. The van der Waals surface area contributed by atoms with Gasteiger partial charge in [0.25, 0.3) is 11.6 Å². The second-order valence-electron chi connectivity index (χ2n) is 12.9. The van der Waals surface area contributed by atoms with E-state index in [1.165, 1.54) is 29.7 Å². The van der Waals surface area contributed by atoms with Crippen molar-refractivity contribution in [3.8, 4) is 11.3 Å². The third-order valence-corrected chi connectivity index (χ3v) is 10.6. The van der Waals surface area contributed by atoms with Gasteiger partial charge in [-0.1, -0.05) is 75.4 Å². The number of amides is 1. The van der Waals surface area contributed by atoms with E-state index >= 15 is 0 Å². The fourth-order valence-electron chi connectivity index (χ4n) is 5.80. The van der Waals surface area contributed by atoms with Gasteiger partial charge in [0.05, 0.1) is 21.1 Å². The topological polar surface area (TPSA) is 110 Å². The Morgan fingerprint density at radius 2 is 1.72 bits per heavy atom. The number of hydrogen-bond acceptors (Lipinski definition) is 8. The zero-order valence-electron chi connectivity index (χ0n) is 27.3. The molecule has 0 spiro atoms. The number of nitrogens with one attached hydrogen (secondary N) is 1.